The maximum absolute atomic E-state index is 5.12. The molecule has 2 heterocycles. The Morgan fingerprint density at radius 2 is 1.69 bits per heavy atom. The molecule has 2 fully saturated rings. The van der Waals surface area contributed by atoms with Gasteiger partial charge in [-0.1, -0.05) is 0 Å². The molecular formula is C9H19N3O2S2. The summed E-state index contributed by atoms with van der Waals surface area (Å²) in [6.45, 7) is 7.42. The molecule has 0 aliphatic carbocycles. The SMILES string of the molecule is C1COCC[NH2+]1.S=C([S-])NN1CCOCC1. The van der Waals surface area contributed by atoms with Crippen LogP contribution in [0.4, 0.5) is 0 Å². The van der Waals surface area contributed by atoms with Crippen molar-refractivity contribution < 1.29 is 14.8 Å². The number of hydrogen-bond donors (Lipinski definition) is 2. The highest BCUT2D eigenvalue weighted by molar-refractivity contribution is 8.00. The van der Waals surface area contributed by atoms with Gasteiger partial charge in [-0.3, -0.25) is 0 Å². The van der Waals surface area contributed by atoms with Crippen LogP contribution in [-0.4, -0.2) is 61.9 Å². The van der Waals surface area contributed by atoms with Gasteiger partial charge in [0.15, 0.2) is 0 Å². The number of quaternary nitrogens is 1. The maximum Gasteiger partial charge on any atom is 0.0993 e. The number of ether oxygens (including phenoxy) is 2. The second-order valence-electron chi connectivity index (χ2n) is 3.48. The van der Waals surface area contributed by atoms with E-state index in [2.05, 4.69) is 10.7 Å². The van der Waals surface area contributed by atoms with Crippen LogP contribution in [0, 0.1) is 0 Å². The first kappa shape index (κ1) is 14.0. The smallest absolute Gasteiger partial charge is 0.0993 e. The zero-order valence-corrected chi connectivity index (χ0v) is 10.9. The first-order valence-corrected chi connectivity index (χ1v) is 6.30. The van der Waals surface area contributed by atoms with E-state index in [1.54, 1.807) is 0 Å². The maximum atomic E-state index is 5.12. The van der Waals surface area contributed by atoms with Gasteiger partial charge in [0.2, 0.25) is 0 Å². The van der Waals surface area contributed by atoms with Crippen molar-refractivity contribution in [3.8, 4) is 0 Å². The number of nitrogens with one attached hydrogen (secondary N) is 1. The Morgan fingerprint density at radius 3 is 2.06 bits per heavy atom. The molecule has 0 aromatic heterocycles. The van der Waals surface area contributed by atoms with Crippen LogP contribution in [0.2, 0.25) is 0 Å². The number of hydrazine groups is 1. The van der Waals surface area contributed by atoms with Gasteiger partial charge in [-0.15, -0.1) is 0 Å². The van der Waals surface area contributed by atoms with Crippen LogP contribution in [0.3, 0.4) is 0 Å². The molecule has 3 N–H and O–H groups in total. The monoisotopic (exact) mass is 265 g/mol. The fourth-order valence-electron chi connectivity index (χ4n) is 1.38. The molecular weight excluding hydrogens is 246 g/mol. The van der Waals surface area contributed by atoms with Gasteiger partial charge >= 0.3 is 0 Å². The number of nitrogens with zero attached hydrogens (tertiary/aromatic N) is 1. The molecule has 0 amide bonds. The lowest BCUT2D eigenvalue weighted by molar-refractivity contribution is -0.670. The lowest BCUT2D eigenvalue weighted by Gasteiger charge is -2.29. The molecule has 0 atom stereocenters. The molecule has 5 nitrogen and oxygen atoms in total. The first-order valence-electron chi connectivity index (χ1n) is 5.49. The molecule has 0 unspecified atom stereocenters. The molecule has 2 rings (SSSR count). The lowest BCUT2D eigenvalue weighted by Crippen LogP contribution is -2.87. The van der Waals surface area contributed by atoms with E-state index in [1.165, 1.54) is 0 Å². The van der Waals surface area contributed by atoms with Gasteiger partial charge in [-0.05, 0) is 4.32 Å². The van der Waals surface area contributed by atoms with E-state index >= 15 is 0 Å². The van der Waals surface area contributed by atoms with Gasteiger partial charge in [0.1, 0.15) is 0 Å². The average molecular weight is 265 g/mol. The number of nitrogens with two attached hydrogens (primary N) is 1. The largest absolute Gasteiger partial charge is 0.410 e. The average Bonchev–Trinajstić information content (AvgIpc) is 2.32. The minimum absolute atomic E-state index is 0.405. The summed E-state index contributed by atoms with van der Waals surface area (Å²) in [5, 5.41) is 4.24. The molecule has 0 saturated carbocycles. The highest BCUT2D eigenvalue weighted by Crippen LogP contribution is 1.91. The van der Waals surface area contributed by atoms with Crippen LogP contribution in [0.1, 0.15) is 0 Å². The van der Waals surface area contributed by atoms with Crippen LogP contribution >= 0.6 is 12.2 Å². The predicted octanol–water partition coefficient (Wildman–Crippen LogP) is -1.76. The third kappa shape index (κ3) is 7.26. The van der Waals surface area contributed by atoms with E-state index in [0.717, 1.165) is 52.6 Å². The van der Waals surface area contributed by atoms with Crippen molar-refractivity contribution in [1.82, 2.24) is 10.4 Å². The van der Waals surface area contributed by atoms with E-state index in [1.807, 2.05) is 5.01 Å². The van der Waals surface area contributed by atoms with E-state index < -0.39 is 0 Å². The Hall–Kier alpha value is -0.0500. The van der Waals surface area contributed by atoms with E-state index in [9.17, 15) is 0 Å². The Kier molecular flexibility index (Phi) is 7.91. The Morgan fingerprint density at radius 1 is 1.12 bits per heavy atom. The summed E-state index contributed by atoms with van der Waals surface area (Å²) in [5.74, 6) is 0. The summed E-state index contributed by atoms with van der Waals surface area (Å²) in [4.78, 5) is 0. The van der Waals surface area contributed by atoms with Crippen LogP contribution < -0.4 is 10.7 Å². The highest BCUT2D eigenvalue weighted by Gasteiger charge is 2.07. The molecule has 0 spiro atoms. The van der Waals surface area contributed by atoms with Crippen LogP contribution in [0.15, 0.2) is 0 Å². The molecule has 94 valence electrons. The van der Waals surface area contributed by atoms with Crippen molar-refractivity contribution in [3.63, 3.8) is 0 Å². The fraction of sp³-hybridized carbons (Fsp3) is 0.889. The van der Waals surface area contributed by atoms with Gasteiger partial charge in [0, 0.05) is 13.1 Å². The fourth-order valence-corrected chi connectivity index (χ4v) is 1.64. The Bertz CT molecular complexity index is 186. The summed E-state index contributed by atoms with van der Waals surface area (Å²) in [5.41, 5.74) is 2.88. The van der Waals surface area contributed by atoms with Gasteiger partial charge in [0.25, 0.3) is 0 Å². The molecule has 0 aromatic rings. The van der Waals surface area contributed by atoms with Crippen molar-refractivity contribution in [2.45, 2.75) is 0 Å². The first-order chi connectivity index (χ1) is 7.79. The summed E-state index contributed by atoms with van der Waals surface area (Å²) in [6, 6.07) is 0. The van der Waals surface area contributed by atoms with Gasteiger partial charge in [0.05, 0.1) is 39.5 Å². The lowest BCUT2D eigenvalue weighted by atomic mass is 10.5. The van der Waals surface area contributed by atoms with Crippen molar-refractivity contribution in [1.29, 1.82) is 0 Å². The quantitative estimate of drug-likeness (QED) is 0.432. The minimum atomic E-state index is 0.405. The molecule has 2 aliphatic rings. The normalized spacial score (nSPS) is 21.8. The molecule has 0 bridgehead atoms. The van der Waals surface area contributed by atoms with Crippen molar-refractivity contribution in [2.24, 2.45) is 0 Å². The van der Waals surface area contributed by atoms with Crippen molar-refractivity contribution >= 4 is 29.2 Å². The summed E-state index contributed by atoms with van der Waals surface area (Å²) >= 11 is 9.40. The molecule has 2 aliphatic heterocycles. The van der Waals surface area contributed by atoms with Crippen LogP contribution in [0.5, 0.6) is 0 Å². The Labute approximate surface area is 107 Å². The summed E-state index contributed by atoms with van der Waals surface area (Å²) < 4.78 is 10.6. The zero-order chi connectivity index (χ0) is 11.6. The molecule has 16 heavy (non-hydrogen) atoms. The highest BCUT2D eigenvalue weighted by atomic mass is 32.1. The number of morpholine rings is 2. The summed E-state index contributed by atoms with van der Waals surface area (Å²) in [6.07, 6.45) is 0. The van der Waals surface area contributed by atoms with Crippen molar-refractivity contribution in [2.75, 3.05) is 52.6 Å². The van der Waals surface area contributed by atoms with E-state index in [0.29, 0.717) is 4.32 Å². The Balaban J connectivity index is 0.000000181. The second kappa shape index (κ2) is 9.03. The third-order valence-corrected chi connectivity index (χ3v) is 2.38. The standard InChI is InChI=1S/C5H10N2OS2.C4H9NO/c9-5(10)6-7-1-3-8-4-2-7;1-3-6-4-2-5-1/h1-4H2,(H2,6,9,10);5H,1-4H2. The molecule has 7 heteroatoms. The zero-order valence-electron chi connectivity index (χ0n) is 9.31. The minimum Gasteiger partial charge on any atom is -0.410 e. The molecule has 2 saturated heterocycles. The molecule has 0 radical (unpaired) electrons. The van der Waals surface area contributed by atoms with Crippen LogP contribution in [-0.2, 0) is 22.1 Å². The number of thiocarbonyl (C=S) groups is 1. The second-order valence-corrected chi connectivity index (χ2v) is 4.55. The van der Waals surface area contributed by atoms with Crippen LogP contribution in [0.25, 0.3) is 0 Å². The van der Waals surface area contributed by atoms with Gasteiger partial charge in [-0.2, -0.15) is 0 Å². The molecule has 0 aromatic carbocycles. The third-order valence-electron chi connectivity index (χ3n) is 2.19. The van der Waals surface area contributed by atoms with Crippen molar-refractivity contribution in [3.05, 3.63) is 0 Å². The van der Waals surface area contributed by atoms with Gasteiger partial charge in [-0.25, -0.2) is 5.01 Å². The predicted molar refractivity (Wildman–Crippen MR) is 68.0 cm³/mol. The van der Waals surface area contributed by atoms with E-state index in [-0.39, 0.29) is 0 Å². The summed E-state index contributed by atoms with van der Waals surface area (Å²) in [7, 11) is 0. The van der Waals surface area contributed by atoms with Gasteiger partial charge < -0.3 is 45.1 Å². The number of hydrogen-bond acceptors (Lipinski definition) is 5. The number of rotatable bonds is 1. The van der Waals surface area contributed by atoms with E-state index in [4.69, 9.17) is 34.3 Å². The topological polar surface area (TPSA) is 50.3 Å².